The maximum atomic E-state index is 13.3. The average Bonchev–Trinajstić information content (AvgIpc) is 2.04. The lowest BCUT2D eigenvalue weighted by Gasteiger charge is -2.01. The van der Waals surface area contributed by atoms with Gasteiger partial charge in [0.15, 0.2) is 5.82 Å². The quantitative estimate of drug-likeness (QED) is 0.591. The summed E-state index contributed by atoms with van der Waals surface area (Å²) >= 11 is 6.93. The fourth-order valence-corrected chi connectivity index (χ4v) is 1.82. The van der Waals surface area contributed by atoms with E-state index in [4.69, 9.17) is 16.9 Å². The second-order valence-corrected chi connectivity index (χ2v) is 3.67. The summed E-state index contributed by atoms with van der Waals surface area (Å²) in [6.07, 6.45) is 0. The minimum atomic E-state index is -0.890. The molecule has 5 heteroatoms. The van der Waals surface area contributed by atoms with Gasteiger partial charge in [-0.3, -0.25) is 4.79 Å². The van der Waals surface area contributed by atoms with Crippen LogP contribution in [0.25, 0.3) is 0 Å². The van der Waals surface area contributed by atoms with Crippen molar-refractivity contribution < 1.29 is 9.18 Å². The summed E-state index contributed by atoms with van der Waals surface area (Å²) in [6.45, 7) is 0. The third-order valence-electron chi connectivity index (χ3n) is 1.41. The van der Waals surface area contributed by atoms with Crippen molar-refractivity contribution in [3.63, 3.8) is 0 Å². The Kier molecular flexibility index (Phi) is 3.22. The highest BCUT2D eigenvalue weighted by molar-refractivity contribution is 14.1. The van der Waals surface area contributed by atoms with Crippen molar-refractivity contribution in [3.8, 4) is 6.07 Å². The number of nitrogens with zero attached hydrogens (tertiary/aromatic N) is 1. The first-order chi connectivity index (χ1) is 6.07. The van der Waals surface area contributed by atoms with E-state index in [1.54, 1.807) is 28.7 Å². The van der Waals surface area contributed by atoms with Crippen LogP contribution in [0.1, 0.15) is 15.9 Å². The highest BCUT2D eigenvalue weighted by Gasteiger charge is 2.16. The first-order valence-corrected chi connectivity index (χ1v) is 4.61. The molecule has 1 aromatic rings. The van der Waals surface area contributed by atoms with Crippen LogP contribution in [0.4, 0.5) is 4.39 Å². The van der Waals surface area contributed by atoms with Crippen LogP contribution >= 0.6 is 34.2 Å². The number of benzene rings is 1. The lowest BCUT2D eigenvalue weighted by molar-refractivity contribution is 0.107. The van der Waals surface area contributed by atoms with E-state index in [1.165, 1.54) is 12.1 Å². The van der Waals surface area contributed by atoms with Gasteiger partial charge in [0.2, 0.25) is 0 Å². The molecule has 0 aromatic heterocycles. The molecule has 0 atom stereocenters. The average molecular weight is 309 g/mol. The van der Waals surface area contributed by atoms with Crippen LogP contribution in [0.3, 0.4) is 0 Å². The number of halogens is 3. The van der Waals surface area contributed by atoms with Gasteiger partial charge >= 0.3 is 0 Å². The van der Waals surface area contributed by atoms with Crippen LogP contribution in [-0.4, -0.2) is 5.24 Å². The van der Waals surface area contributed by atoms with Crippen LogP contribution in [-0.2, 0) is 0 Å². The standard InChI is InChI=1S/C8H2ClFINO/c9-8(13)6-5(11)2-1-4(3-12)7(6)10/h1-2H. The van der Waals surface area contributed by atoms with Crippen molar-refractivity contribution in [2.24, 2.45) is 0 Å². The van der Waals surface area contributed by atoms with Gasteiger partial charge in [-0.15, -0.1) is 0 Å². The number of hydrogen-bond acceptors (Lipinski definition) is 2. The van der Waals surface area contributed by atoms with E-state index in [0.29, 0.717) is 3.57 Å². The molecule has 0 saturated carbocycles. The van der Waals surface area contributed by atoms with Gasteiger partial charge in [-0.2, -0.15) is 5.26 Å². The van der Waals surface area contributed by atoms with Crippen molar-refractivity contribution in [2.45, 2.75) is 0 Å². The van der Waals surface area contributed by atoms with Gasteiger partial charge in [0, 0.05) is 3.57 Å². The van der Waals surface area contributed by atoms with Crippen molar-refractivity contribution in [1.82, 2.24) is 0 Å². The zero-order valence-electron chi connectivity index (χ0n) is 6.14. The highest BCUT2D eigenvalue weighted by atomic mass is 127. The molecule has 1 aromatic carbocycles. The number of carbonyl (C=O) groups is 1. The SMILES string of the molecule is N#Cc1ccc(I)c(C(=O)Cl)c1F. The summed E-state index contributed by atoms with van der Waals surface area (Å²) in [5, 5.41) is 7.58. The van der Waals surface area contributed by atoms with E-state index >= 15 is 0 Å². The third-order valence-corrected chi connectivity index (χ3v) is 2.50. The van der Waals surface area contributed by atoms with Gasteiger partial charge in [-0.1, -0.05) is 0 Å². The van der Waals surface area contributed by atoms with Crippen molar-refractivity contribution in [2.75, 3.05) is 0 Å². The Morgan fingerprint density at radius 1 is 1.62 bits per heavy atom. The maximum Gasteiger partial charge on any atom is 0.256 e. The van der Waals surface area contributed by atoms with Gasteiger partial charge in [0.1, 0.15) is 6.07 Å². The van der Waals surface area contributed by atoms with Crippen molar-refractivity contribution in [1.29, 1.82) is 5.26 Å². The maximum absolute atomic E-state index is 13.3. The van der Waals surface area contributed by atoms with E-state index in [0.717, 1.165) is 0 Å². The second kappa shape index (κ2) is 4.03. The monoisotopic (exact) mass is 309 g/mol. The molecule has 0 heterocycles. The largest absolute Gasteiger partial charge is 0.275 e. The Morgan fingerprint density at radius 3 is 2.69 bits per heavy atom. The summed E-state index contributed by atoms with van der Waals surface area (Å²) < 4.78 is 13.6. The van der Waals surface area contributed by atoms with Crippen molar-refractivity contribution >= 4 is 39.4 Å². The second-order valence-electron chi connectivity index (χ2n) is 2.17. The summed E-state index contributed by atoms with van der Waals surface area (Å²) in [6, 6.07) is 4.40. The van der Waals surface area contributed by atoms with Gasteiger partial charge in [-0.25, -0.2) is 4.39 Å². The fraction of sp³-hybridized carbons (Fsp3) is 0. The van der Waals surface area contributed by atoms with E-state index in [9.17, 15) is 9.18 Å². The molecule has 0 bridgehead atoms. The van der Waals surface area contributed by atoms with E-state index < -0.39 is 11.1 Å². The molecule has 0 spiro atoms. The van der Waals surface area contributed by atoms with Crippen molar-refractivity contribution in [3.05, 3.63) is 32.6 Å². The lowest BCUT2D eigenvalue weighted by Crippen LogP contribution is -2.00. The van der Waals surface area contributed by atoms with E-state index in [2.05, 4.69) is 0 Å². The summed E-state index contributed by atoms with van der Waals surface area (Å²) in [7, 11) is 0. The molecule has 0 aliphatic rings. The number of hydrogen-bond donors (Lipinski definition) is 0. The first-order valence-electron chi connectivity index (χ1n) is 3.16. The molecular weight excluding hydrogens is 307 g/mol. The first kappa shape index (κ1) is 10.4. The van der Waals surface area contributed by atoms with Crippen LogP contribution < -0.4 is 0 Å². The molecule has 0 amide bonds. The molecular formula is C8H2ClFINO. The third kappa shape index (κ3) is 1.98. The van der Waals surface area contributed by atoms with Crippen LogP contribution in [0, 0.1) is 20.7 Å². The lowest BCUT2D eigenvalue weighted by atomic mass is 10.1. The van der Waals surface area contributed by atoms with Crippen LogP contribution in [0.2, 0.25) is 0 Å². The Morgan fingerprint density at radius 2 is 2.23 bits per heavy atom. The van der Waals surface area contributed by atoms with Gasteiger partial charge in [0.05, 0.1) is 11.1 Å². The smallest absolute Gasteiger partial charge is 0.256 e. The van der Waals surface area contributed by atoms with Gasteiger partial charge < -0.3 is 0 Å². The molecule has 0 aliphatic heterocycles. The minimum absolute atomic E-state index is 0.176. The molecule has 1 rings (SSSR count). The van der Waals surface area contributed by atoms with Crippen LogP contribution in [0.15, 0.2) is 12.1 Å². The normalized spacial score (nSPS) is 9.38. The molecule has 0 radical (unpaired) electrons. The zero-order valence-corrected chi connectivity index (χ0v) is 9.06. The fourth-order valence-electron chi connectivity index (χ4n) is 0.819. The van der Waals surface area contributed by atoms with Crippen LogP contribution in [0.5, 0.6) is 0 Å². The Labute approximate surface area is 92.4 Å². The molecule has 0 aliphatic carbocycles. The summed E-state index contributed by atoms with van der Waals surface area (Å²) in [5.74, 6) is -0.852. The Balaban J connectivity index is 3.50. The zero-order chi connectivity index (χ0) is 10.0. The predicted octanol–water partition coefficient (Wildman–Crippen LogP) is 2.68. The molecule has 66 valence electrons. The number of carbonyl (C=O) groups excluding carboxylic acids is 1. The number of rotatable bonds is 1. The Bertz CT molecular complexity index is 413. The molecule has 2 nitrogen and oxygen atoms in total. The summed E-state index contributed by atoms with van der Waals surface area (Å²) in [4.78, 5) is 10.8. The molecule has 13 heavy (non-hydrogen) atoms. The molecule has 0 saturated heterocycles. The predicted molar refractivity (Wildman–Crippen MR) is 54.0 cm³/mol. The highest BCUT2D eigenvalue weighted by Crippen LogP contribution is 2.20. The minimum Gasteiger partial charge on any atom is -0.275 e. The molecule has 0 unspecified atom stereocenters. The number of nitriles is 1. The topological polar surface area (TPSA) is 40.9 Å². The van der Waals surface area contributed by atoms with Gasteiger partial charge in [0.25, 0.3) is 5.24 Å². The summed E-state index contributed by atoms with van der Waals surface area (Å²) in [5.41, 5.74) is -0.411. The van der Waals surface area contributed by atoms with E-state index in [1.807, 2.05) is 0 Å². The van der Waals surface area contributed by atoms with E-state index in [-0.39, 0.29) is 11.1 Å². The Hall–Kier alpha value is -0.670. The molecule has 0 N–H and O–H groups in total. The van der Waals surface area contributed by atoms with Gasteiger partial charge in [-0.05, 0) is 46.3 Å². The molecule has 0 fully saturated rings.